The molecule has 1 unspecified atom stereocenters. The number of carbonyl (C=O) groups is 1. The van der Waals surface area contributed by atoms with Gasteiger partial charge in [0.2, 0.25) is 0 Å². The normalized spacial score (nSPS) is 23.7. The van der Waals surface area contributed by atoms with Gasteiger partial charge in [-0.3, -0.25) is 0 Å². The van der Waals surface area contributed by atoms with Gasteiger partial charge in [0.05, 0.1) is 0 Å². The second-order valence-electron chi connectivity index (χ2n) is 5.03. The Morgan fingerprint density at radius 1 is 1.57 bits per heavy atom. The summed E-state index contributed by atoms with van der Waals surface area (Å²) in [6, 6.07) is 5.68. The van der Waals surface area contributed by atoms with E-state index >= 15 is 0 Å². The summed E-state index contributed by atoms with van der Waals surface area (Å²) in [6.45, 7) is 2.34. The Kier molecular flexibility index (Phi) is 3.70. The van der Waals surface area contributed by atoms with E-state index in [-0.39, 0.29) is 12.3 Å². The van der Waals surface area contributed by atoms with Gasteiger partial charge in [0, 0.05) is 0 Å². The van der Waals surface area contributed by atoms with Crippen molar-refractivity contribution in [3.8, 4) is 6.07 Å². The van der Waals surface area contributed by atoms with E-state index in [1.54, 1.807) is 0 Å². The second kappa shape index (κ2) is 4.60. The van der Waals surface area contributed by atoms with Crippen LogP contribution in [0, 0.1) is 17.2 Å². The predicted molar refractivity (Wildman–Crippen MR) is 58.0 cm³/mol. The third-order valence-electron chi connectivity index (χ3n) is 3.51. The van der Waals surface area contributed by atoms with Crippen molar-refractivity contribution >= 4 is 14.0 Å². The molecule has 0 aromatic carbocycles. The molecule has 0 spiro atoms. The molecule has 3 nitrogen and oxygen atoms in total. The van der Waals surface area contributed by atoms with E-state index in [4.69, 9.17) is 10.4 Å². The quantitative estimate of drug-likeness (QED) is 0.727. The summed E-state index contributed by atoms with van der Waals surface area (Å²) in [5, 5.41) is 17.5. The Morgan fingerprint density at radius 3 is 2.57 bits per heavy atom. The first-order valence-electron chi connectivity index (χ1n) is 5.41. The number of carboxylic acids is 1. The van der Waals surface area contributed by atoms with Crippen LogP contribution in [0.4, 0.5) is 0 Å². The van der Waals surface area contributed by atoms with Crippen LogP contribution in [0.25, 0.3) is 0 Å². The van der Waals surface area contributed by atoms with E-state index in [2.05, 4.69) is 12.6 Å². The zero-order valence-electron chi connectivity index (χ0n) is 8.70. The molecule has 1 aliphatic heterocycles. The molecule has 0 aromatic heterocycles. The molecule has 0 bridgehead atoms. The van der Waals surface area contributed by atoms with E-state index in [9.17, 15) is 4.79 Å². The van der Waals surface area contributed by atoms with Crippen molar-refractivity contribution in [1.82, 2.24) is 0 Å². The van der Waals surface area contributed by atoms with Gasteiger partial charge < -0.3 is 0 Å². The van der Waals surface area contributed by atoms with Crippen molar-refractivity contribution in [2.24, 2.45) is 5.92 Å². The van der Waals surface area contributed by atoms with Crippen molar-refractivity contribution in [1.29, 1.82) is 5.26 Å². The van der Waals surface area contributed by atoms with Gasteiger partial charge in [-0.25, -0.2) is 0 Å². The van der Waals surface area contributed by atoms with Crippen LogP contribution in [0.1, 0.15) is 19.3 Å². The topological polar surface area (TPSA) is 61.1 Å². The van der Waals surface area contributed by atoms with Crippen LogP contribution < -0.4 is 0 Å². The van der Waals surface area contributed by atoms with Crippen molar-refractivity contribution in [2.75, 3.05) is 0 Å². The molecule has 0 amide bonds. The molecule has 14 heavy (non-hydrogen) atoms. The van der Waals surface area contributed by atoms with Crippen molar-refractivity contribution in [3.05, 3.63) is 0 Å². The van der Waals surface area contributed by atoms with E-state index in [0.717, 1.165) is 6.04 Å². The number of nitrogens with zero attached hydrogens (tertiary/aromatic N) is 1. The van der Waals surface area contributed by atoms with Crippen LogP contribution in [0.15, 0.2) is 0 Å². The van der Waals surface area contributed by atoms with Gasteiger partial charge in [-0.1, -0.05) is 0 Å². The zero-order chi connectivity index (χ0) is 10.6. The van der Waals surface area contributed by atoms with Gasteiger partial charge in [0.1, 0.15) is 0 Å². The number of carboxylic acid groups (broad SMARTS) is 1. The van der Waals surface area contributed by atoms with E-state index < -0.39 is 14.0 Å². The van der Waals surface area contributed by atoms with Crippen LogP contribution in [-0.4, -0.2) is 19.1 Å². The molecule has 1 N–H and O–H groups in total. The van der Waals surface area contributed by atoms with Crippen molar-refractivity contribution in [3.63, 3.8) is 0 Å². The van der Waals surface area contributed by atoms with Crippen molar-refractivity contribution < 1.29 is 9.90 Å². The summed E-state index contributed by atoms with van der Waals surface area (Å²) >= 11 is 0. The summed E-state index contributed by atoms with van der Waals surface area (Å²) in [4.78, 5) is 10.5. The van der Waals surface area contributed by atoms with Gasteiger partial charge in [-0.05, 0) is 0 Å². The molecule has 1 fully saturated rings. The van der Waals surface area contributed by atoms with Crippen molar-refractivity contribution in [2.45, 2.75) is 43.9 Å². The van der Waals surface area contributed by atoms with Crippen LogP contribution in [0.2, 0.25) is 24.7 Å². The molecule has 0 radical (unpaired) electrons. The Balaban J connectivity index is 2.47. The summed E-state index contributed by atoms with van der Waals surface area (Å²) in [5.41, 5.74) is 0. The van der Waals surface area contributed by atoms with Gasteiger partial charge >= 0.3 is 85.1 Å². The zero-order valence-corrected chi connectivity index (χ0v) is 9.85. The maximum absolute atomic E-state index is 10.5. The Bertz CT molecular complexity index is 253. The predicted octanol–water partition coefficient (Wildman–Crippen LogP) is 2.21. The van der Waals surface area contributed by atoms with Gasteiger partial charge in [0.15, 0.2) is 0 Å². The van der Waals surface area contributed by atoms with Crippen LogP contribution in [0.3, 0.4) is 0 Å². The molecule has 1 atom stereocenters. The molecule has 0 aromatic rings. The molecule has 1 rings (SSSR count). The Morgan fingerprint density at radius 2 is 2.14 bits per heavy atom. The second-order valence-corrected chi connectivity index (χ2v) is 10.8. The molecule has 1 aliphatic rings. The fraction of sp³-hybridized carbons (Fsp3) is 0.800. The van der Waals surface area contributed by atoms with E-state index in [1.165, 1.54) is 24.9 Å². The molecule has 0 aliphatic carbocycles. The first-order chi connectivity index (χ1) is 6.56. The average molecular weight is 212 g/mol. The molecular formula is C10H18NO2Si-. The Hall–Kier alpha value is -0.823. The molecule has 0 saturated carbocycles. The number of hydrogen-bond donors (Lipinski definition) is 1. The number of aliphatic carboxylic acids is 1. The van der Waals surface area contributed by atoms with E-state index in [1.807, 2.05) is 0 Å². The fourth-order valence-corrected chi connectivity index (χ4v) is 7.69. The summed E-state index contributed by atoms with van der Waals surface area (Å²) in [6.07, 6.45) is 2.63. The van der Waals surface area contributed by atoms with Crippen LogP contribution >= 0.6 is 0 Å². The average Bonchev–Trinajstić information content (AvgIpc) is 2.50. The molecule has 4 heteroatoms. The van der Waals surface area contributed by atoms with Gasteiger partial charge in [-0.2, -0.15) is 0 Å². The number of hydrogen-bond acceptors (Lipinski definition) is 2. The minimum absolute atomic E-state index is 0.0338. The van der Waals surface area contributed by atoms with Gasteiger partial charge in [0.25, 0.3) is 0 Å². The third-order valence-corrected chi connectivity index (χ3v) is 8.82. The number of rotatable bonds is 4. The van der Waals surface area contributed by atoms with Crippen LogP contribution in [-0.2, 0) is 4.79 Å². The van der Waals surface area contributed by atoms with Gasteiger partial charge in [-0.15, -0.1) is 0 Å². The summed E-state index contributed by atoms with van der Waals surface area (Å²) < 4.78 is 0. The molecule has 80 valence electrons. The standard InChI is InChI=1S/C10H18NO2Si/c1-14(4-2-3-5-14)8-9(7-11)6-10(12)13/h9,14H,2-6,8H2,1H3,(H,12,13)/q-1. The van der Waals surface area contributed by atoms with E-state index in [0.29, 0.717) is 0 Å². The molecular weight excluding hydrogens is 194 g/mol. The SMILES string of the molecule is C[SiH-]1(CC(C#N)CC(=O)O)CCCC1. The van der Waals surface area contributed by atoms with Crippen LogP contribution in [0.5, 0.6) is 0 Å². The molecule has 1 saturated heterocycles. The molecule has 1 heterocycles. The summed E-state index contributed by atoms with van der Waals surface area (Å²) in [5.74, 6) is -1.07. The number of nitriles is 1. The summed E-state index contributed by atoms with van der Waals surface area (Å²) in [7, 11) is -1.51. The maximum atomic E-state index is 10.5. The fourth-order valence-electron chi connectivity index (χ4n) is 2.73. The first kappa shape index (κ1) is 11.3. The Labute approximate surface area is 85.7 Å². The first-order valence-corrected chi connectivity index (χ1v) is 9.02. The minimum atomic E-state index is -1.51. The monoisotopic (exact) mass is 212 g/mol. The third kappa shape index (κ3) is 3.15.